The molecule has 3 nitrogen and oxygen atoms in total. The molecule has 2 N–H and O–H groups in total. The van der Waals surface area contributed by atoms with Crippen molar-refractivity contribution in [2.45, 2.75) is 46.2 Å². The lowest BCUT2D eigenvalue weighted by atomic mass is 9.97. The summed E-state index contributed by atoms with van der Waals surface area (Å²) in [5.41, 5.74) is 7.31. The average Bonchev–Trinajstić information content (AvgIpc) is 2.35. The number of nitrogens with zero attached hydrogens (tertiary/aromatic N) is 1. The highest BCUT2D eigenvalue weighted by Crippen LogP contribution is 2.32. The normalized spacial score (nSPS) is 13.6. The average molecular weight is 264 g/mol. The topological polar surface area (TPSA) is 38.5 Å². The van der Waals surface area contributed by atoms with E-state index in [4.69, 9.17) is 10.5 Å². The fourth-order valence-corrected chi connectivity index (χ4v) is 2.63. The Balaban J connectivity index is 3.15. The van der Waals surface area contributed by atoms with Crippen LogP contribution in [-0.2, 0) is 0 Å². The third-order valence-corrected chi connectivity index (χ3v) is 3.38. The van der Waals surface area contributed by atoms with Crippen LogP contribution in [0.4, 0.5) is 0 Å². The van der Waals surface area contributed by atoms with Crippen LogP contribution in [0.5, 0.6) is 5.75 Å². The van der Waals surface area contributed by atoms with Crippen molar-refractivity contribution in [3.63, 3.8) is 0 Å². The zero-order chi connectivity index (χ0) is 14.5. The van der Waals surface area contributed by atoms with E-state index in [1.54, 1.807) is 0 Å². The van der Waals surface area contributed by atoms with Gasteiger partial charge in [0.2, 0.25) is 0 Å². The molecule has 0 bridgehead atoms. The molecule has 1 unspecified atom stereocenters. The maximum atomic E-state index is 6.05. The standard InChI is InChI=1S/C16H28N2O/c1-6-18(16(3,4)5)14(12-17)13-10-8-9-11-15(13)19-7-2/h8-11,14H,6-7,12,17H2,1-5H3. The van der Waals surface area contributed by atoms with Gasteiger partial charge in [-0.15, -0.1) is 0 Å². The molecule has 1 aromatic rings. The quantitative estimate of drug-likeness (QED) is 0.857. The van der Waals surface area contributed by atoms with Crippen LogP contribution in [-0.4, -0.2) is 30.1 Å². The van der Waals surface area contributed by atoms with Crippen molar-refractivity contribution >= 4 is 0 Å². The van der Waals surface area contributed by atoms with Gasteiger partial charge in [-0.2, -0.15) is 0 Å². The number of rotatable bonds is 6. The summed E-state index contributed by atoms with van der Waals surface area (Å²) in [6, 6.07) is 8.40. The summed E-state index contributed by atoms with van der Waals surface area (Å²) in [5.74, 6) is 0.947. The molecule has 0 aliphatic rings. The molecule has 0 spiro atoms. The molecular formula is C16H28N2O. The molecule has 0 radical (unpaired) electrons. The van der Waals surface area contributed by atoms with Gasteiger partial charge in [0, 0.05) is 17.6 Å². The highest BCUT2D eigenvalue weighted by molar-refractivity contribution is 5.36. The molecule has 0 aliphatic heterocycles. The Hall–Kier alpha value is -1.06. The van der Waals surface area contributed by atoms with Gasteiger partial charge in [-0.25, -0.2) is 0 Å². The van der Waals surface area contributed by atoms with E-state index >= 15 is 0 Å². The molecule has 0 saturated carbocycles. The molecule has 0 heterocycles. The predicted octanol–water partition coefficient (Wildman–Crippen LogP) is 3.21. The van der Waals surface area contributed by atoms with Crippen LogP contribution >= 0.6 is 0 Å². The molecule has 108 valence electrons. The number of hydrogen-bond acceptors (Lipinski definition) is 3. The van der Waals surface area contributed by atoms with E-state index in [2.05, 4.69) is 44.7 Å². The summed E-state index contributed by atoms with van der Waals surface area (Å²) in [6.45, 7) is 13.1. The zero-order valence-electron chi connectivity index (χ0n) is 12.9. The largest absolute Gasteiger partial charge is 0.494 e. The van der Waals surface area contributed by atoms with Gasteiger partial charge >= 0.3 is 0 Å². The fourth-order valence-electron chi connectivity index (χ4n) is 2.63. The molecule has 0 fully saturated rings. The smallest absolute Gasteiger partial charge is 0.124 e. The number of likely N-dealkylation sites (N-methyl/N-ethyl adjacent to an activating group) is 1. The van der Waals surface area contributed by atoms with E-state index in [1.807, 2.05) is 19.1 Å². The van der Waals surface area contributed by atoms with Crippen molar-refractivity contribution in [3.8, 4) is 5.75 Å². The Kier molecular flexibility index (Phi) is 5.83. The van der Waals surface area contributed by atoms with E-state index in [0.717, 1.165) is 12.3 Å². The van der Waals surface area contributed by atoms with Gasteiger partial charge in [-0.1, -0.05) is 25.1 Å². The van der Waals surface area contributed by atoms with E-state index in [-0.39, 0.29) is 11.6 Å². The fraction of sp³-hybridized carbons (Fsp3) is 0.625. The number of benzene rings is 1. The first-order chi connectivity index (χ1) is 8.95. The molecule has 1 aromatic carbocycles. The third kappa shape index (κ3) is 3.95. The van der Waals surface area contributed by atoms with Gasteiger partial charge in [0.1, 0.15) is 5.75 Å². The Bertz CT molecular complexity index is 385. The monoisotopic (exact) mass is 264 g/mol. The third-order valence-electron chi connectivity index (χ3n) is 3.38. The molecule has 1 atom stereocenters. The summed E-state index contributed by atoms with van der Waals surface area (Å²) < 4.78 is 5.74. The lowest BCUT2D eigenvalue weighted by Gasteiger charge is -2.41. The first-order valence-corrected chi connectivity index (χ1v) is 7.14. The summed E-state index contributed by atoms with van der Waals surface area (Å²) in [7, 11) is 0. The highest BCUT2D eigenvalue weighted by Gasteiger charge is 2.29. The maximum absolute atomic E-state index is 6.05. The summed E-state index contributed by atoms with van der Waals surface area (Å²) in [5, 5.41) is 0. The van der Waals surface area contributed by atoms with Crippen molar-refractivity contribution in [1.29, 1.82) is 0 Å². The number of nitrogens with two attached hydrogens (primary N) is 1. The SMILES string of the molecule is CCOc1ccccc1C(CN)N(CC)C(C)(C)C. The molecule has 0 saturated heterocycles. The van der Waals surface area contributed by atoms with Crippen LogP contribution in [0.25, 0.3) is 0 Å². The molecule has 0 amide bonds. The van der Waals surface area contributed by atoms with Crippen LogP contribution in [0.2, 0.25) is 0 Å². The van der Waals surface area contributed by atoms with Gasteiger partial charge < -0.3 is 10.5 Å². The molecular weight excluding hydrogens is 236 g/mol. The van der Waals surface area contributed by atoms with Gasteiger partial charge in [-0.3, -0.25) is 4.90 Å². The van der Waals surface area contributed by atoms with Crippen molar-refractivity contribution in [3.05, 3.63) is 29.8 Å². The molecule has 0 aromatic heterocycles. The van der Waals surface area contributed by atoms with Gasteiger partial charge in [0.25, 0.3) is 0 Å². The first kappa shape index (κ1) is 16.0. The summed E-state index contributed by atoms with van der Waals surface area (Å²) >= 11 is 0. The Morgan fingerprint density at radius 3 is 2.32 bits per heavy atom. The van der Waals surface area contributed by atoms with Gasteiger partial charge in [0.15, 0.2) is 0 Å². The van der Waals surface area contributed by atoms with Crippen molar-refractivity contribution in [2.75, 3.05) is 19.7 Å². The molecule has 3 heteroatoms. The van der Waals surface area contributed by atoms with E-state index in [9.17, 15) is 0 Å². The minimum absolute atomic E-state index is 0.0815. The zero-order valence-corrected chi connectivity index (χ0v) is 12.9. The minimum Gasteiger partial charge on any atom is -0.494 e. The van der Waals surface area contributed by atoms with E-state index in [1.165, 1.54) is 5.56 Å². The van der Waals surface area contributed by atoms with Crippen LogP contribution in [0, 0.1) is 0 Å². The summed E-state index contributed by atoms with van der Waals surface area (Å²) in [6.07, 6.45) is 0. The highest BCUT2D eigenvalue weighted by atomic mass is 16.5. The Morgan fingerprint density at radius 1 is 1.21 bits per heavy atom. The van der Waals surface area contributed by atoms with E-state index < -0.39 is 0 Å². The Labute approximate surface area is 117 Å². The van der Waals surface area contributed by atoms with Crippen molar-refractivity contribution < 1.29 is 4.74 Å². The first-order valence-electron chi connectivity index (χ1n) is 7.14. The lowest BCUT2D eigenvalue weighted by Crippen LogP contribution is -2.46. The van der Waals surface area contributed by atoms with Crippen molar-refractivity contribution in [2.24, 2.45) is 5.73 Å². The van der Waals surface area contributed by atoms with Gasteiger partial charge in [0.05, 0.1) is 12.6 Å². The number of para-hydroxylation sites is 1. The van der Waals surface area contributed by atoms with Crippen LogP contribution in [0.15, 0.2) is 24.3 Å². The maximum Gasteiger partial charge on any atom is 0.124 e. The second kappa shape index (κ2) is 6.92. The predicted molar refractivity (Wildman–Crippen MR) is 81.5 cm³/mol. The second-order valence-corrected chi connectivity index (χ2v) is 5.68. The molecule has 19 heavy (non-hydrogen) atoms. The lowest BCUT2D eigenvalue weighted by molar-refractivity contribution is 0.0901. The van der Waals surface area contributed by atoms with Crippen LogP contribution in [0.3, 0.4) is 0 Å². The van der Waals surface area contributed by atoms with Crippen LogP contribution < -0.4 is 10.5 Å². The van der Waals surface area contributed by atoms with Crippen molar-refractivity contribution in [1.82, 2.24) is 4.90 Å². The number of hydrogen-bond donors (Lipinski definition) is 1. The van der Waals surface area contributed by atoms with E-state index in [0.29, 0.717) is 13.2 Å². The molecule has 1 rings (SSSR count). The summed E-state index contributed by atoms with van der Waals surface area (Å²) in [4.78, 5) is 2.42. The van der Waals surface area contributed by atoms with Crippen LogP contribution in [0.1, 0.15) is 46.2 Å². The Morgan fingerprint density at radius 2 is 1.84 bits per heavy atom. The van der Waals surface area contributed by atoms with Gasteiger partial charge in [-0.05, 0) is 40.3 Å². The number of ether oxygens (including phenoxy) is 1. The minimum atomic E-state index is 0.0815. The second-order valence-electron chi connectivity index (χ2n) is 5.68. The molecule has 0 aliphatic carbocycles.